The van der Waals surface area contributed by atoms with Crippen molar-refractivity contribution in [1.82, 2.24) is 20.2 Å². The summed E-state index contributed by atoms with van der Waals surface area (Å²) in [5.41, 5.74) is 1.93. The summed E-state index contributed by atoms with van der Waals surface area (Å²) in [5, 5.41) is 3.07. The van der Waals surface area contributed by atoms with E-state index in [0.717, 1.165) is 25.3 Å². The molecule has 1 aromatic carbocycles. The SMILES string of the molecule is O=C(NCCN1CCCC1)C1CCc2nc(-c3ccc(F)cc3)[nH]c(=O)c2CC1. The fraction of sp³-hybridized carbons (Fsp3) is 0.500. The number of H-pyrrole nitrogens is 1. The van der Waals surface area contributed by atoms with Gasteiger partial charge in [-0.3, -0.25) is 9.59 Å². The van der Waals surface area contributed by atoms with E-state index in [2.05, 4.69) is 20.2 Å². The maximum Gasteiger partial charge on any atom is 0.254 e. The van der Waals surface area contributed by atoms with Gasteiger partial charge in [-0.2, -0.15) is 0 Å². The van der Waals surface area contributed by atoms with Gasteiger partial charge in [-0.1, -0.05) is 0 Å². The Morgan fingerprint density at radius 2 is 1.90 bits per heavy atom. The lowest BCUT2D eigenvalue weighted by Crippen LogP contribution is -2.37. The van der Waals surface area contributed by atoms with Crippen LogP contribution in [-0.2, 0) is 17.6 Å². The summed E-state index contributed by atoms with van der Waals surface area (Å²) < 4.78 is 13.2. The van der Waals surface area contributed by atoms with Crippen LogP contribution in [0.25, 0.3) is 11.4 Å². The predicted octanol–water partition coefficient (Wildman–Crippen LogP) is 2.28. The summed E-state index contributed by atoms with van der Waals surface area (Å²) in [4.78, 5) is 35.0. The lowest BCUT2D eigenvalue weighted by atomic mass is 9.99. The van der Waals surface area contributed by atoms with E-state index in [1.165, 1.54) is 25.0 Å². The second kappa shape index (κ2) is 8.86. The van der Waals surface area contributed by atoms with Crippen LogP contribution in [0.15, 0.2) is 29.1 Å². The Hall–Kier alpha value is -2.54. The molecular weight excluding hydrogens is 371 g/mol. The Labute approximate surface area is 169 Å². The molecule has 1 unspecified atom stereocenters. The summed E-state index contributed by atoms with van der Waals surface area (Å²) in [6.07, 6.45) is 4.97. The summed E-state index contributed by atoms with van der Waals surface area (Å²) >= 11 is 0. The molecule has 2 heterocycles. The first-order valence-electron chi connectivity index (χ1n) is 10.5. The standard InChI is InChI=1S/C22H27FN4O2/c23-17-7-3-15(4-8-17)20-25-19-10-6-16(5-9-18(19)22(29)26-20)21(28)24-11-14-27-12-1-2-13-27/h3-4,7-8,16H,1-2,5-6,9-14H2,(H,24,28)(H,25,26,29). The normalized spacial score (nSPS) is 19.6. The van der Waals surface area contributed by atoms with E-state index >= 15 is 0 Å². The van der Waals surface area contributed by atoms with Crippen LogP contribution in [-0.4, -0.2) is 47.0 Å². The van der Waals surface area contributed by atoms with Crippen molar-refractivity contribution in [3.05, 3.63) is 51.7 Å². The predicted molar refractivity (Wildman–Crippen MR) is 109 cm³/mol. The number of aryl methyl sites for hydroxylation is 1. The second-order valence-corrected chi connectivity index (χ2v) is 7.96. The molecule has 154 valence electrons. The molecule has 0 spiro atoms. The molecule has 7 heteroatoms. The molecule has 1 amide bonds. The number of nitrogens with zero attached hydrogens (tertiary/aromatic N) is 2. The maximum absolute atomic E-state index is 13.2. The second-order valence-electron chi connectivity index (χ2n) is 7.96. The van der Waals surface area contributed by atoms with Crippen molar-refractivity contribution in [2.24, 2.45) is 5.92 Å². The van der Waals surface area contributed by atoms with Crippen LogP contribution in [0.1, 0.15) is 36.9 Å². The van der Waals surface area contributed by atoms with E-state index in [-0.39, 0.29) is 23.2 Å². The van der Waals surface area contributed by atoms with Crippen LogP contribution in [0.5, 0.6) is 0 Å². The Bertz CT molecular complexity index is 919. The van der Waals surface area contributed by atoms with Gasteiger partial charge in [0.2, 0.25) is 5.91 Å². The van der Waals surface area contributed by atoms with Crippen molar-refractivity contribution in [2.45, 2.75) is 38.5 Å². The van der Waals surface area contributed by atoms with Crippen molar-refractivity contribution < 1.29 is 9.18 Å². The summed E-state index contributed by atoms with van der Waals surface area (Å²) in [6, 6.07) is 5.91. The number of benzene rings is 1. The average Bonchev–Trinajstić information content (AvgIpc) is 3.13. The number of fused-ring (bicyclic) bond motifs is 1. The van der Waals surface area contributed by atoms with Gasteiger partial charge >= 0.3 is 0 Å². The highest BCUT2D eigenvalue weighted by Gasteiger charge is 2.25. The fourth-order valence-corrected chi connectivity index (χ4v) is 4.28. The molecular formula is C22H27FN4O2. The van der Waals surface area contributed by atoms with Crippen LogP contribution >= 0.6 is 0 Å². The quantitative estimate of drug-likeness (QED) is 0.758. The van der Waals surface area contributed by atoms with Crippen LogP contribution < -0.4 is 10.9 Å². The number of carbonyl (C=O) groups excluding carboxylic acids is 1. The van der Waals surface area contributed by atoms with Crippen molar-refractivity contribution in [1.29, 1.82) is 0 Å². The molecule has 4 rings (SSSR count). The number of rotatable bonds is 5. The number of aromatic nitrogens is 2. The van der Waals surface area contributed by atoms with Gasteiger partial charge in [-0.05, 0) is 75.9 Å². The molecule has 1 fully saturated rings. The zero-order valence-corrected chi connectivity index (χ0v) is 16.5. The van der Waals surface area contributed by atoms with Gasteiger partial charge in [0.05, 0.1) is 5.69 Å². The molecule has 6 nitrogen and oxygen atoms in total. The number of halogens is 1. The third-order valence-corrected chi connectivity index (χ3v) is 5.99. The number of hydrogen-bond donors (Lipinski definition) is 2. The molecule has 1 atom stereocenters. The number of amides is 1. The molecule has 1 aliphatic carbocycles. The number of hydrogen-bond acceptors (Lipinski definition) is 4. The third-order valence-electron chi connectivity index (χ3n) is 5.99. The first-order chi connectivity index (χ1) is 14.1. The third kappa shape index (κ3) is 4.72. The van der Waals surface area contributed by atoms with Crippen LogP contribution in [0.4, 0.5) is 4.39 Å². The zero-order chi connectivity index (χ0) is 20.2. The number of likely N-dealkylation sites (tertiary alicyclic amines) is 1. The summed E-state index contributed by atoms with van der Waals surface area (Å²) in [5.74, 6) is 0.0929. The van der Waals surface area contributed by atoms with Gasteiger partial charge < -0.3 is 15.2 Å². The van der Waals surface area contributed by atoms with Gasteiger partial charge in [-0.25, -0.2) is 9.37 Å². The molecule has 1 aliphatic heterocycles. The lowest BCUT2D eigenvalue weighted by Gasteiger charge is -2.17. The lowest BCUT2D eigenvalue weighted by molar-refractivity contribution is -0.125. The Kier molecular flexibility index (Phi) is 6.04. The summed E-state index contributed by atoms with van der Waals surface area (Å²) in [6.45, 7) is 3.83. The van der Waals surface area contributed by atoms with Gasteiger partial charge in [-0.15, -0.1) is 0 Å². The van der Waals surface area contributed by atoms with Gasteiger partial charge in [0.25, 0.3) is 5.56 Å². The largest absolute Gasteiger partial charge is 0.355 e. The van der Waals surface area contributed by atoms with E-state index in [4.69, 9.17) is 0 Å². The Morgan fingerprint density at radius 3 is 2.66 bits per heavy atom. The van der Waals surface area contributed by atoms with E-state index in [1.54, 1.807) is 12.1 Å². The number of nitrogens with one attached hydrogen (secondary N) is 2. The molecule has 1 aromatic heterocycles. The minimum atomic E-state index is -0.329. The topological polar surface area (TPSA) is 78.1 Å². The van der Waals surface area contributed by atoms with Crippen LogP contribution in [0.3, 0.4) is 0 Å². The molecule has 2 aliphatic rings. The highest BCUT2D eigenvalue weighted by atomic mass is 19.1. The fourth-order valence-electron chi connectivity index (χ4n) is 4.28. The highest BCUT2D eigenvalue weighted by Crippen LogP contribution is 2.23. The van der Waals surface area contributed by atoms with Crippen molar-refractivity contribution >= 4 is 5.91 Å². The first-order valence-corrected chi connectivity index (χ1v) is 10.5. The monoisotopic (exact) mass is 398 g/mol. The molecule has 2 aromatic rings. The highest BCUT2D eigenvalue weighted by molar-refractivity contribution is 5.78. The van der Waals surface area contributed by atoms with Gasteiger partial charge in [0, 0.05) is 30.1 Å². The van der Waals surface area contributed by atoms with E-state index in [9.17, 15) is 14.0 Å². The molecule has 0 radical (unpaired) electrons. The van der Waals surface area contributed by atoms with E-state index in [1.807, 2.05) is 0 Å². The number of aromatic amines is 1. The molecule has 0 bridgehead atoms. The van der Waals surface area contributed by atoms with Gasteiger partial charge in [0.1, 0.15) is 11.6 Å². The van der Waals surface area contributed by atoms with Crippen LogP contribution in [0.2, 0.25) is 0 Å². The van der Waals surface area contributed by atoms with Crippen LogP contribution in [0, 0.1) is 11.7 Å². The number of carbonyl (C=O) groups is 1. The minimum Gasteiger partial charge on any atom is -0.355 e. The van der Waals surface area contributed by atoms with Crippen molar-refractivity contribution in [2.75, 3.05) is 26.2 Å². The van der Waals surface area contributed by atoms with Gasteiger partial charge in [0.15, 0.2) is 0 Å². The van der Waals surface area contributed by atoms with Crippen molar-refractivity contribution in [3.63, 3.8) is 0 Å². The molecule has 2 N–H and O–H groups in total. The average molecular weight is 398 g/mol. The Morgan fingerprint density at radius 1 is 1.17 bits per heavy atom. The first kappa shape index (κ1) is 19.8. The minimum absolute atomic E-state index is 0.0761. The zero-order valence-electron chi connectivity index (χ0n) is 16.5. The van der Waals surface area contributed by atoms with E-state index in [0.29, 0.717) is 49.2 Å². The van der Waals surface area contributed by atoms with E-state index < -0.39 is 0 Å². The smallest absolute Gasteiger partial charge is 0.254 e. The van der Waals surface area contributed by atoms with Crippen molar-refractivity contribution in [3.8, 4) is 11.4 Å². The molecule has 1 saturated heterocycles. The molecule has 29 heavy (non-hydrogen) atoms. The Balaban J connectivity index is 1.40. The molecule has 0 saturated carbocycles. The summed E-state index contributed by atoms with van der Waals surface area (Å²) in [7, 11) is 0. The maximum atomic E-state index is 13.2.